The molecule has 0 bridgehead atoms. The van der Waals surface area contributed by atoms with E-state index in [9.17, 15) is 10.2 Å². The quantitative estimate of drug-likeness (QED) is 0.623. The van der Waals surface area contributed by atoms with Gasteiger partial charge in [0.25, 0.3) is 0 Å². The van der Waals surface area contributed by atoms with Gasteiger partial charge in [-0.15, -0.1) is 0 Å². The summed E-state index contributed by atoms with van der Waals surface area (Å²) >= 11 is 2.05. The highest BCUT2D eigenvalue weighted by Crippen LogP contribution is 2.33. The van der Waals surface area contributed by atoms with Crippen LogP contribution in [0.4, 0.5) is 5.82 Å². The summed E-state index contributed by atoms with van der Waals surface area (Å²) in [6, 6.07) is 0.451. The van der Waals surface area contributed by atoms with Crippen molar-refractivity contribution in [2.75, 3.05) is 5.32 Å². The van der Waals surface area contributed by atoms with E-state index < -0.39 is 24.5 Å². The molecular formula is C14H16IN5O3. The van der Waals surface area contributed by atoms with Crippen molar-refractivity contribution in [3.63, 3.8) is 0 Å². The molecule has 2 aromatic rings. The maximum absolute atomic E-state index is 10.3. The van der Waals surface area contributed by atoms with Gasteiger partial charge in [-0.3, -0.25) is 4.57 Å². The van der Waals surface area contributed by atoms with Crippen LogP contribution in [0, 0.1) is 0 Å². The molecule has 4 rings (SSSR count). The number of nitrogens with zero attached hydrogens (tertiary/aromatic N) is 4. The lowest BCUT2D eigenvalue weighted by atomic mass is 10.1. The number of aliphatic hydroxyl groups excluding tert-OH is 2. The second kappa shape index (κ2) is 5.96. The first-order chi connectivity index (χ1) is 11.2. The van der Waals surface area contributed by atoms with Crippen LogP contribution in [-0.4, -0.2) is 54.1 Å². The molecule has 8 nitrogen and oxygen atoms in total. The lowest BCUT2D eigenvalue weighted by molar-refractivity contribution is -0.0244. The highest BCUT2D eigenvalue weighted by Gasteiger charge is 2.43. The summed E-state index contributed by atoms with van der Waals surface area (Å²) < 4.78 is 9.16. The van der Waals surface area contributed by atoms with E-state index >= 15 is 0 Å². The number of hydrogen-bond donors (Lipinski definition) is 3. The van der Waals surface area contributed by atoms with Crippen LogP contribution >= 0.6 is 22.6 Å². The van der Waals surface area contributed by atoms with Crippen LogP contribution in [0.5, 0.6) is 0 Å². The van der Waals surface area contributed by atoms with E-state index in [2.05, 4.69) is 20.3 Å². The molecule has 1 saturated carbocycles. The number of aliphatic hydroxyl groups is 2. The smallest absolute Gasteiger partial charge is 0.167 e. The minimum absolute atomic E-state index is 0.451. The number of imidazole rings is 1. The molecule has 1 aliphatic heterocycles. The normalized spacial score (nSPS) is 31.3. The minimum atomic E-state index is -1.06. The van der Waals surface area contributed by atoms with Crippen molar-refractivity contribution in [3.8, 4) is 0 Å². The molecule has 0 aromatic carbocycles. The molecule has 2 aromatic heterocycles. The Morgan fingerprint density at radius 2 is 2.09 bits per heavy atom. The average Bonchev–Trinajstić information content (AvgIpc) is 3.20. The summed E-state index contributed by atoms with van der Waals surface area (Å²) in [5.74, 6) is 0.688. The first-order valence-corrected chi connectivity index (χ1v) is 8.66. The van der Waals surface area contributed by atoms with Crippen LogP contribution < -0.4 is 5.32 Å². The van der Waals surface area contributed by atoms with E-state index in [0.717, 1.165) is 12.8 Å². The second-order valence-electron chi connectivity index (χ2n) is 5.76. The first kappa shape index (κ1) is 15.2. The number of halogens is 1. The van der Waals surface area contributed by atoms with E-state index in [1.165, 1.54) is 6.33 Å². The fourth-order valence-corrected chi connectivity index (χ4v) is 3.12. The number of hydrogen-bond acceptors (Lipinski definition) is 7. The molecule has 1 aliphatic carbocycles. The Morgan fingerprint density at radius 1 is 1.26 bits per heavy atom. The molecule has 122 valence electrons. The van der Waals surface area contributed by atoms with E-state index in [1.807, 2.05) is 22.6 Å². The highest BCUT2D eigenvalue weighted by atomic mass is 127. The summed E-state index contributed by atoms with van der Waals surface area (Å²) in [6.07, 6.45) is 3.66. The van der Waals surface area contributed by atoms with Gasteiger partial charge in [-0.05, 0) is 23.0 Å². The third-order valence-corrected chi connectivity index (χ3v) is 4.50. The van der Waals surface area contributed by atoms with Crippen LogP contribution in [0.1, 0.15) is 19.1 Å². The van der Waals surface area contributed by atoms with Crippen LogP contribution in [0.15, 0.2) is 22.8 Å². The number of fused-ring (bicyclic) bond motifs is 1. The number of aromatic nitrogens is 4. The Kier molecular flexibility index (Phi) is 3.95. The van der Waals surface area contributed by atoms with E-state index in [1.54, 1.807) is 21.1 Å². The molecule has 0 amide bonds. The molecule has 0 spiro atoms. The zero-order valence-corrected chi connectivity index (χ0v) is 14.2. The van der Waals surface area contributed by atoms with Crippen LogP contribution in [0.2, 0.25) is 0 Å². The third-order valence-electron chi connectivity index (χ3n) is 4.09. The number of rotatable bonds is 4. The molecule has 9 heteroatoms. The molecule has 0 unspecified atom stereocenters. The van der Waals surface area contributed by atoms with Crippen molar-refractivity contribution in [3.05, 3.63) is 22.8 Å². The van der Waals surface area contributed by atoms with Gasteiger partial charge < -0.3 is 20.3 Å². The average molecular weight is 429 g/mol. The van der Waals surface area contributed by atoms with Gasteiger partial charge in [0.1, 0.15) is 24.6 Å². The Bertz CT molecular complexity index is 747. The fraction of sp³-hybridized carbons (Fsp3) is 0.500. The van der Waals surface area contributed by atoms with Gasteiger partial charge in [-0.25, -0.2) is 15.0 Å². The topological polar surface area (TPSA) is 105 Å². The van der Waals surface area contributed by atoms with E-state index in [4.69, 9.17) is 4.74 Å². The Balaban J connectivity index is 1.69. The number of ether oxygens (including phenoxy) is 1. The summed E-state index contributed by atoms with van der Waals surface area (Å²) in [5.41, 5.74) is 1.20. The third kappa shape index (κ3) is 2.71. The Labute approximate surface area is 145 Å². The summed E-state index contributed by atoms with van der Waals surface area (Å²) in [5, 5.41) is 23.7. The van der Waals surface area contributed by atoms with Crippen LogP contribution in [0.25, 0.3) is 11.2 Å². The largest absolute Gasteiger partial charge is 0.387 e. The van der Waals surface area contributed by atoms with Crippen molar-refractivity contribution in [2.45, 2.75) is 43.4 Å². The molecule has 2 aliphatic rings. The van der Waals surface area contributed by atoms with Crippen LogP contribution in [-0.2, 0) is 4.74 Å². The Hall–Kier alpha value is -1.30. The van der Waals surface area contributed by atoms with Gasteiger partial charge >= 0.3 is 0 Å². The van der Waals surface area contributed by atoms with Gasteiger partial charge in [0.2, 0.25) is 0 Å². The lowest BCUT2D eigenvalue weighted by Gasteiger charge is -2.16. The number of nitrogens with one attached hydrogen (secondary N) is 1. The molecule has 4 atom stereocenters. The van der Waals surface area contributed by atoms with E-state index in [0.29, 0.717) is 23.0 Å². The second-order valence-corrected chi connectivity index (χ2v) is 6.47. The van der Waals surface area contributed by atoms with Crippen molar-refractivity contribution in [1.82, 2.24) is 19.5 Å². The summed E-state index contributed by atoms with van der Waals surface area (Å²) in [7, 11) is 0. The van der Waals surface area contributed by atoms with Gasteiger partial charge in [0.15, 0.2) is 23.2 Å². The van der Waals surface area contributed by atoms with Crippen molar-refractivity contribution in [1.29, 1.82) is 0 Å². The minimum Gasteiger partial charge on any atom is -0.387 e. The maximum atomic E-state index is 10.3. The van der Waals surface area contributed by atoms with Crippen molar-refractivity contribution < 1.29 is 14.9 Å². The van der Waals surface area contributed by atoms with Crippen molar-refractivity contribution in [2.24, 2.45) is 0 Å². The summed E-state index contributed by atoms with van der Waals surface area (Å²) in [6.45, 7) is 0. The zero-order valence-electron chi connectivity index (χ0n) is 12.1. The molecule has 3 heterocycles. The van der Waals surface area contributed by atoms with E-state index in [-0.39, 0.29) is 0 Å². The highest BCUT2D eigenvalue weighted by molar-refractivity contribution is 14.1. The van der Waals surface area contributed by atoms with Crippen molar-refractivity contribution >= 4 is 39.6 Å². The fourth-order valence-electron chi connectivity index (χ4n) is 2.71. The van der Waals surface area contributed by atoms with Gasteiger partial charge in [0, 0.05) is 6.04 Å². The van der Waals surface area contributed by atoms with Gasteiger partial charge in [-0.2, -0.15) is 0 Å². The number of anilines is 1. The van der Waals surface area contributed by atoms with Gasteiger partial charge in [-0.1, -0.05) is 22.6 Å². The molecule has 2 fully saturated rings. The molecule has 23 heavy (non-hydrogen) atoms. The first-order valence-electron chi connectivity index (χ1n) is 7.41. The Morgan fingerprint density at radius 3 is 2.83 bits per heavy atom. The molecule has 1 saturated heterocycles. The van der Waals surface area contributed by atoms with Crippen LogP contribution in [0.3, 0.4) is 0 Å². The zero-order chi connectivity index (χ0) is 16.0. The monoisotopic (exact) mass is 429 g/mol. The standard InChI is InChI=1S/C14H16IN5O3/c15-4-3-8-10(21)11(22)14(23-8)20-6-18-9-12(19-7-1-2-7)16-5-17-13(9)20/h3-8,10-11,14,21-22H,1-2H2,(H,16,17,19)/t8-,10-,11-,14-/m1/s1. The molecule has 0 radical (unpaired) electrons. The predicted octanol–water partition coefficient (Wildman–Crippen LogP) is 0.968. The molecular weight excluding hydrogens is 413 g/mol. The summed E-state index contributed by atoms with van der Waals surface area (Å²) in [4.78, 5) is 12.9. The van der Waals surface area contributed by atoms with Gasteiger partial charge in [0.05, 0.1) is 6.33 Å². The lowest BCUT2D eigenvalue weighted by Crippen LogP contribution is -2.30. The SMILES string of the molecule is O[C@@H]1[C@H](O)[C@@H](C=CI)O[C@H]1n1cnc2c(NC3CC3)ncnc21. The molecule has 3 N–H and O–H groups in total. The maximum Gasteiger partial charge on any atom is 0.167 e. The predicted molar refractivity (Wildman–Crippen MR) is 91.1 cm³/mol.